The molecule has 0 N–H and O–H groups in total. The molecule has 0 radical (unpaired) electrons. The second-order valence-corrected chi connectivity index (χ2v) is 6.79. The van der Waals surface area contributed by atoms with E-state index in [9.17, 15) is 4.79 Å². The summed E-state index contributed by atoms with van der Waals surface area (Å²) in [6.45, 7) is 4.82. The number of rotatable bonds is 3. The second kappa shape index (κ2) is 7.12. The van der Waals surface area contributed by atoms with Crippen LogP contribution >= 0.6 is 0 Å². The van der Waals surface area contributed by atoms with Crippen molar-refractivity contribution in [3.63, 3.8) is 0 Å². The summed E-state index contributed by atoms with van der Waals surface area (Å²) >= 11 is 0. The van der Waals surface area contributed by atoms with Crippen molar-refractivity contribution < 1.29 is 4.79 Å². The standard InChI is InChI=1S/C21H21N5O/c1-16(27)24-9-11-25(12-10-24)18-3-2-4-19(14-18)26-15-23-20-13-17(7-8-22)5-6-21(20)26/h2-6,13-15H,7,9-12H2,1H3. The molecule has 0 spiro atoms. The van der Waals surface area contributed by atoms with Gasteiger partial charge in [0, 0.05) is 44.5 Å². The van der Waals surface area contributed by atoms with E-state index in [-0.39, 0.29) is 5.91 Å². The first-order valence-electron chi connectivity index (χ1n) is 9.09. The molecule has 1 fully saturated rings. The third-order valence-electron chi connectivity index (χ3n) is 5.09. The number of hydrogen-bond donors (Lipinski definition) is 0. The molecule has 6 heteroatoms. The van der Waals surface area contributed by atoms with Gasteiger partial charge in [-0.1, -0.05) is 12.1 Å². The minimum absolute atomic E-state index is 0.143. The van der Waals surface area contributed by atoms with Crippen LogP contribution < -0.4 is 4.90 Å². The van der Waals surface area contributed by atoms with Gasteiger partial charge in [0.25, 0.3) is 0 Å². The lowest BCUT2D eigenvalue weighted by atomic mass is 10.1. The third-order valence-corrected chi connectivity index (χ3v) is 5.09. The lowest BCUT2D eigenvalue weighted by Crippen LogP contribution is -2.48. The smallest absolute Gasteiger partial charge is 0.219 e. The fourth-order valence-electron chi connectivity index (χ4n) is 3.58. The van der Waals surface area contributed by atoms with Crippen LogP contribution in [0.25, 0.3) is 16.7 Å². The van der Waals surface area contributed by atoms with Gasteiger partial charge in [-0.25, -0.2) is 4.98 Å². The van der Waals surface area contributed by atoms with E-state index in [4.69, 9.17) is 5.26 Å². The van der Waals surface area contributed by atoms with Crippen LogP contribution in [0.5, 0.6) is 0 Å². The molecule has 2 aromatic carbocycles. The minimum atomic E-state index is 0.143. The first-order valence-corrected chi connectivity index (χ1v) is 9.09. The summed E-state index contributed by atoms with van der Waals surface area (Å²) in [7, 11) is 0. The molecule has 3 aromatic rings. The predicted octanol–water partition coefficient (Wildman–Crippen LogP) is 2.76. The number of hydrogen-bond acceptors (Lipinski definition) is 4. The molecular formula is C21H21N5O. The Bertz CT molecular complexity index is 1020. The van der Waals surface area contributed by atoms with Gasteiger partial charge in [0.05, 0.1) is 23.5 Å². The molecule has 0 atom stereocenters. The number of carbonyl (C=O) groups excluding carboxylic acids is 1. The molecule has 1 amide bonds. The Balaban J connectivity index is 1.61. The number of nitrogens with zero attached hydrogens (tertiary/aromatic N) is 5. The van der Waals surface area contributed by atoms with Gasteiger partial charge in [-0.15, -0.1) is 0 Å². The van der Waals surface area contributed by atoms with Gasteiger partial charge in [-0.05, 0) is 35.9 Å². The summed E-state index contributed by atoms with van der Waals surface area (Å²) in [6, 6.07) is 16.5. The number of anilines is 1. The van der Waals surface area contributed by atoms with E-state index >= 15 is 0 Å². The Morgan fingerprint density at radius 3 is 2.63 bits per heavy atom. The van der Waals surface area contributed by atoms with Crippen LogP contribution in [-0.4, -0.2) is 46.5 Å². The zero-order chi connectivity index (χ0) is 18.8. The topological polar surface area (TPSA) is 65.2 Å². The van der Waals surface area contributed by atoms with Gasteiger partial charge in [0.2, 0.25) is 5.91 Å². The van der Waals surface area contributed by atoms with Crippen molar-refractivity contribution in [1.29, 1.82) is 5.26 Å². The maximum absolute atomic E-state index is 11.5. The number of aromatic nitrogens is 2. The molecule has 136 valence electrons. The van der Waals surface area contributed by atoms with Crippen LogP contribution in [0.2, 0.25) is 0 Å². The van der Waals surface area contributed by atoms with E-state index < -0.39 is 0 Å². The number of fused-ring (bicyclic) bond motifs is 1. The van der Waals surface area contributed by atoms with Gasteiger partial charge in [0.1, 0.15) is 6.33 Å². The quantitative estimate of drug-likeness (QED) is 0.721. The molecule has 0 bridgehead atoms. The van der Waals surface area contributed by atoms with E-state index in [2.05, 4.69) is 44.8 Å². The molecule has 0 aliphatic carbocycles. The van der Waals surface area contributed by atoms with E-state index in [0.717, 1.165) is 54.2 Å². The first-order chi connectivity index (χ1) is 13.2. The van der Waals surface area contributed by atoms with Crippen molar-refractivity contribution in [3.8, 4) is 11.8 Å². The maximum atomic E-state index is 11.5. The van der Waals surface area contributed by atoms with E-state index in [1.807, 2.05) is 29.4 Å². The summed E-state index contributed by atoms with van der Waals surface area (Å²) in [5.74, 6) is 0.143. The summed E-state index contributed by atoms with van der Waals surface area (Å²) in [5, 5.41) is 8.87. The SMILES string of the molecule is CC(=O)N1CCN(c2cccc(-n3cnc4cc(CC#N)ccc43)c2)CC1. The molecule has 27 heavy (non-hydrogen) atoms. The number of nitriles is 1. The van der Waals surface area contributed by atoms with Gasteiger partial charge < -0.3 is 9.80 Å². The lowest BCUT2D eigenvalue weighted by molar-refractivity contribution is -0.129. The fourth-order valence-corrected chi connectivity index (χ4v) is 3.58. The van der Waals surface area contributed by atoms with E-state index in [1.165, 1.54) is 0 Å². The molecule has 1 saturated heterocycles. The van der Waals surface area contributed by atoms with Crippen molar-refractivity contribution in [1.82, 2.24) is 14.5 Å². The van der Waals surface area contributed by atoms with Gasteiger partial charge in [-0.2, -0.15) is 5.26 Å². The molecule has 1 aliphatic heterocycles. The first kappa shape index (κ1) is 17.1. The van der Waals surface area contributed by atoms with E-state index in [0.29, 0.717) is 6.42 Å². The number of amides is 1. The number of piperazine rings is 1. The predicted molar refractivity (Wildman–Crippen MR) is 105 cm³/mol. The maximum Gasteiger partial charge on any atom is 0.219 e. The summed E-state index contributed by atoms with van der Waals surface area (Å²) in [6.07, 6.45) is 2.22. The number of imidazole rings is 1. The van der Waals surface area contributed by atoms with Gasteiger partial charge >= 0.3 is 0 Å². The Morgan fingerprint density at radius 2 is 1.89 bits per heavy atom. The Kier molecular flexibility index (Phi) is 4.51. The summed E-state index contributed by atoms with van der Waals surface area (Å²) in [4.78, 5) is 20.2. The highest BCUT2D eigenvalue weighted by molar-refractivity contribution is 5.78. The highest BCUT2D eigenvalue weighted by atomic mass is 16.2. The van der Waals surface area contributed by atoms with Crippen molar-refractivity contribution in [3.05, 3.63) is 54.4 Å². The monoisotopic (exact) mass is 359 g/mol. The lowest BCUT2D eigenvalue weighted by Gasteiger charge is -2.35. The molecule has 6 nitrogen and oxygen atoms in total. The van der Waals surface area contributed by atoms with Crippen molar-refractivity contribution >= 4 is 22.6 Å². The average Bonchev–Trinajstić information content (AvgIpc) is 3.12. The molecule has 4 rings (SSSR count). The number of carbonyl (C=O) groups is 1. The Labute approximate surface area is 158 Å². The zero-order valence-electron chi connectivity index (χ0n) is 15.3. The second-order valence-electron chi connectivity index (χ2n) is 6.79. The fraction of sp³-hybridized carbons (Fsp3) is 0.286. The van der Waals surface area contributed by atoms with Crippen molar-refractivity contribution in [2.45, 2.75) is 13.3 Å². The molecule has 1 aliphatic rings. The molecule has 0 unspecified atom stereocenters. The summed E-state index contributed by atoms with van der Waals surface area (Å²) in [5.41, 5.74) is 5.10. The van der Waals surface area contributed by atoms with Crippen molar-refractivity contribution in [2.75, 3.05) is 31.1 Å². The van der Waals surface area contributed by atoms with Crippen molar-refractivity contribution in [2.24, 2.45) is 0 Å². The normalized spacial score (nSPS) is 14.4. The molecular weight excluding hydrogens is 338 g/mol. The van der Waals surface area contributed by atoms with Crippen LogP contribution in [0.3, 0.4) is 0 Å². The van der Waals surface area contributed by atoms with Crippen LogP contribution in [0.4, 0.5) is 5.69 Å². The van der Waals surface area contributed by atoms with Crippen LogP contribution in [0.15, 0.2) is 48.8 Å². The summed E-state index contributed by atoms with van der Waals surface area (Å²) < 4.78 is 2.07. The highest BCUT2D eigenvalue weighted by Gasteiger charge is 2.19. The molecule has 2 heterocycles. The zero-order valence-corrected chi connectivity index (χ0v) is 15.3. The highest BCUT2D eigenvalue weighted by Crippen LogP contribution is 2.24. The molecule has 0 saturated carbocycles. The minimum Gasteiger partial charge on any atom is -0.368 e. The van der Waals surface area contributed by atoms with Crippen LogP contribution in [-0.2, 0) is 11.2 Å². The largest absolute Gasteiger partial charge is 0.368 e. The van der Waals surface area contributed by atoms with Gasteiger partial charge in [-0.3, -0.25) is 9.36 Å². The van der Waals surface area contributed by atoms with Gasteiger partial charge in [0.15, 0.2) is 0 Å². The average molecular weight is 359 g/mol. The van der Waals surface area contributed by atoms with Crippen LogP contribution in [0, 0.1) is 11.3 Å². The Hall–Kier alpha value is -3.33. The molecule has 1 aromatic heterocycles. The van der Waals surface area contributed by atoms with E-state index in [1.54, 1.807) is 6.92 Å². The number of benzene rings is 2. The van der Waals surface area contributed by atoms with Crippen LogP contribution in [0.1, 0.15) is 12.5 Å². The Morgan fingerprint density at radius 1 is 1.11 bits per heavy atom. The third kappa shape index (κ3) is 3.36.